The number of fused-ring (bicyclic) bond motifs is 1. The smallest absolute Gasteiger partial charge is 0.232 e. The Hall–Kier alpha value is -1.63. The first-order valence-corrected chi connectivity index (χ1v) is 7.65. The molecule has 2 aliphatic heterocycles. The molecule has 7 heteroatoms. The number of amides is 2. The van der Waals surface area contributed by atoms with Crippen LogP contribution >= 0.6 is 12.4 Å². The molecule has 0 saturated carbocycles. The van der Waals surface area contributed by atoms with Gasteiger partial charge in [0.25, 0.3) is 0 Å². The molecule has 0 atom stereocenters. The lowest BCUT2D eigenvalue weighted by Gasteiger charge is -2.34. The van der Waals surface area contributed by atoms with E-state index in [1.54, 1.807) is 0 Å². The Balaban J connectivity index is 0.00000192. The third-order valence-electron chi connectivity index (χ3n) is 4.58. The average molecular weight is 340 g/mol. The highest BCUT2D eigenvalue weighted by atomic mass is 35.5. The van der Waals surface area contributed by atoms with Crippen LogP contribution in [0.25, 0.3) is 0 Å². The van der Waals surface area contributed by atoms with Crippen LogP contribution in [-0.4, -0.2) is 31.6 Å². The van der Waals surface area contributed by atoms with E-state index in [9.17, 15) is 9.59 Å². The van der Waals surface area contributed by atoms with E-state index in [1.165, 1.54) is 0 Å². The maximum atomic E-state index is 12.6. The van der Waals surface area contributed by atoms with E-state index in [0.29, 0.717) is 45.4 Å². The summed E-state index contributed by atoms with van der Waals surface area (Å²) >= 11 is 0. The minimum Gasteiger partial charge on any atom is -0.381 e. The molecule has 0 spiro atoms. The number of aryl methyl sites for hydroxylation is 1. The zero-order valence-electron chi connectivity index (χ0n) is 12.9. The number of nitrogens with one attached hydrogen (secondary N) is 2. The van der Waals surface area contributed by atoms with Crippen LogP contribution in [0.3, 0.4) is 0 Å². The molecule has 1 aromatic rings. The van der Waals surface area contributed by atoms with E-state index < -0.39 is 5.41 Å². The fourth-order valence-electron chi connectivity index (χ4n) is 3.01. The Labute approximate surface area is 141 Å². The van der Waals surface area contributed by atoms with E-state index in [2.05, 4.69) is 10.6 Å². The summed E-state index contributed by atoms with van der Waals surface area (Å²) in [4.78, 5) is 24.0. The van der Waals surface area contributed by atoms with Gasteiger partial charge in [-0.25, -0.2) is 0 Å². The van der Waals surface area contributed by atoms with Gasteiger partial charge in [-0.15, -0.1) is 12.4 Å². The molecule has 0 aliphatic carbocycles. The molecular formula is C16H22ClN3O3. The van der Waals surface area contributed by atoms with Crippen molar-refractivity contribution in [2.75, 3.05) is 30.4 Å². The van der Waals surface area contributed by atoms with Crippen LogP contribution in [0.4, 0.5) is 11.4 Å². The number of hydrogen-bond acceptors (Lipinski definition) is 4. The Morgan fingerprint density at radius 1 is 1.30 bits per heavy atom. The number of benzene rings is 1. The molecule has 1 saturated heterocycles. The van der Waals surface area contributed by atoms with Gasteiger partial charge < -0.3 is 21.1 Å². The molecule has 0 aromatic heterocycles. The molecule has 4 N–H and O–H groups in total. The quantitative estimate of drug-likeness (QED) is 0.781. The number of halogens is 1. The molecule has 0 bridgehead atoms. The van der Waals surface area contributed by atoms with Crippen LogP contribution in [0.1, 0.15) is 24.8 Å². The highest BCUT2D eigenvalue weighted by Crippen LogP contribution is 2.32. The number of anilines is 2. The van der Waals surface area contributed by atoms with Crippen molar-refractivity contribution >= 4 is 35.6 Å². The zero-order valence-corrected chi connectivity index (χ0v) is 13.7. The summed E-state index contributed by atoms with van der Waals surface area (Å²) in [6, 6.07) is 5.57. The summed E-state index contributed by atoms with van der Waals surface area (Å²) in [5.74, 6) is -0.00771. The van der Waals surface area contributed by atoms with Crippen molar-refractivity contribution in [2.45, 2.75) is 25.7 Å². The molecule has 2 aliphatic rings. The number of ether oxygens (including phenoxy) is 1. The second-order valence-electron chi connectivity index (χ2n) is 5.97. The minimum atomic E-state index is -0.539. The minimum absolute atomic E-state index is 0. The first kappa shape index (κ1) is 17.7. The molecule has 6 nitrogen and oxygen atoms in total. The van der Waals surface area contributed by atoms with Crippen molar-refractivity contribution in [3.05, 3.63) is 23.8 Å². The fraction of sp³-hybridized carbons (Fsp3) is 0.500. The van der Waals surface area contributed by atoms with Gasteiger partial charge >= 0.3 is 0 Å². The monoisotopic (exact) mass is 339 g/mol. The maximum Gasteiger partial charge on any atom is 0.232 e. The lowest BCUT2D eigenvalue weighted by atomic mass is 9.79. The van der Waals surface area contributed by atoms with Crippen LogP contribution in [0, 0.1) is 5.41 Å². The Morgan fingerprint density at radius 2 is 2.04 bits per heavy atom. The van der Waals surface area contributed by atoms with Gasteiger partial charge in [-0.05, 0) is 43.0 Å². The standard InChI is InChI=1S/C16H21N3O3.ClH/c17-10-16(5-7-22-8-6-16)15(21)18-12-2-3-13-11(9-12)1-4-14(20)19-13;/h2-3,9H,1,4-8,10,17H2,(H,18,21)(H,19,20);1H. The van der Waals surface area contributed by atoms with Crippen molar-refractivity contribution in [3.8, 4) is 0 Å². The highest BCUT2D eigenvalue weighted by molar-refractivity contribution is 5.97. The van der Waals surface area contributed by atoms with Gasteiger partial charge in [0.2, 0.25) is 11.8 Å². The normalized spacial score (nSPS) is 19.1. The zero-order chi connectivity index (χ0) is 15.6. The Bertz CT molecular complexity index is 600. The first-order valence-electron chi connectivity index (χ1n) is 7.65. The summed E-state index contributed by atoms with van der Waals surface area (Å²) in [6.45, 7) is 1.46. The van der Waals surface area contributed by atoms with E-state index in [4.69, 9.17) is 10.5 Å². The SMILES string of the molecule is Cl.NCC1(C(=O)Nc2ccc3c(c2)CCC(=O)N3)CCOCC1. The van der Waals surface area contributed by atoms with Gasteiger partial charge in [-0.1, -0.05) is 0 Å². The van der Waals surface area contributed by atoms with Gasteiger partial charge in [0.05, 0.1) is 5.41 Å². The number of rotatable bonds is 3. The second kappa shape index (κ2) is 7.29. The predicted octanol–water partition coefficient (Wildman–Crippen LogP) is 1.69. The molecule has 0 radical (unpaired) electrons. The van der Waals surface area contributed by atoms with Gasteiger partial charge in [0, 0.05) is 37.6 Å². The molecule has 3 rings (SSSR count). The molecule has 126 valence electrons. The number of carbonyl (C=O) groups excluding carboxylic acids is 2. The summed E-state index contributed by atoms with van der Waals surface area (Å²) < 4.78 is 5.34. The van der Waals surface area contributed by atoms with Crippen LogP contribution < -0.4 is 16.4 Å². The van der Waals surface area contributed by atoms with E-state index in [-0.39, 0.29) is 24.2 Å². The summed E-state index contributed by atoms with van der Waals surface area (Å²) in [6.07, 6.45) is 2.47. The van der Waals surface area contributed by atoms with Gasteiger partial charge in [0.15, 0.2) is 0 Å². The van der Waals surface area contributed by atoms with Gasteiger partial charge in [-0.3, -0.25) is 9.59 Å². The average Bonchev–Trinajstić information content (AvgIpc) is 2.55. The first-order chi connectivity index (χ1) is 10.6. The van der Waals surface area contributed by atoms with Crippen molar-refractivity contribution in [3.63, 3.8) is 0 Å². The van der Waals surface area contributed by atoms with Crippen molar-refractivity contribution in [1.29, 1.82) is 0 Å². The number of carbonyl (C=O) groups is 2. The van der Waals surface area contributed by atoms with E-state index in [0.717, 1.165) is 16.9 Å². The number of nitrogens with two attached hydrogens (primary N) is 1. The van der Waals surface area contributed by atoms with Crippen molar-refractivity contribution in [1.82, 2.24) is 0 Å². The molecule has 1 aromatic carbocycles. The van der Waals surface area contributed by atoms with Gasteiger partial charge in [-0.2, -0.15) is 0 Å². The Kier molecular flexibility index (Phi) is 5.62. The van der Waals surface area contributed by atoms with Gasteiger partial charge in [0.1, 0.15) is 0 Å². The lowest BCUT2D eigenvalue weighted by molar-refractivity contribution is -0.130. The second-order valence-corrected chi connectivity index (χ2v) is 5.97. The molecular weight excluding hydrogens is 318 g/mol. The number of hydrogen-bond donors (Lipinski definition) is 3. The van der Waals surface area contributed by atoms with E-state index >= 15 is 0 Å². The third-order valence-corrected chi connectivity index (χ3v) is 4.58. The predicted molar refractivity (Wildman–Crippen MR) is 90.8 cm³/mol. The molecule has 0 unspecified atom stereocenters. The van der Waals surface area contributed by atoms with Crippen LogP contribution in [0.5, 0.6) is 0 Å². The molecule has 2 amide bonds. The fourth-order valence-corrected chi connectivity index (χ4v) is 3.01. The van der Waals surface area contributed by atoms with Crippen LogP contribution in [-0.2, 0) is 20.7 Å². The van der Waals surface area contributed by atoms with Crippen molar-refractivity contribution < 1.29 is 14.3 Å². The molecule has 23 heavy (non-hydrogen) atoms. The summed E-state index contributed by atoms with van der Waals surface area (Å²) in [5.41, 5.74) is 7.94. The Morgan fingerprint density at radius 3 is 2.74 bits per heavy atom. The van der Waals surface area contributed by atoms with Crippen LogP contribution in [0.2, 0.25) is 0 Å². The lowest BCUT2D eigenvalue weighted by Crippen LogP contribution is -2.46. The molecule has 2 heterocycles. The summed E-state index contributed by atoms with van der Waals surface area (Å²) in [7, 11) is 0. The third kappa shape index (κ3) is 3.65. The highest BCUT2D eigenvalue weighted by Gasteiger charge is 2.38. The van der Waals surface area contributed by atoms with Crippen molar-refractivity contribution in [2.24, 2.45) is 11.1 Å². The molecule has 1 fully saturated rings. The largest absolute Gasteiger partial charge is 0.381 e. The summed E-state index contributed by atoms with van der Waals surface area (Å²) in [5, 5.41) is 5.81. The topological polar surface area (TPSA) is 93.5 Å². The maximum absolute atomic E-state index is 12.6. The van der Waals surface area contributed by atoms with E-state index in [1.807, 2.05) is 18.2 Å². The van der Waals surface area contributed by atoms with Crippen LogP contribution in [0.15, 0.2) is 18.2 Å².